The number of rotatable bonds is 68. The van der Waals surface area contributed by atoms with Crippen molar-refractivity contribution >= 4 is 39.5 Å². The van der Waals surface area contributed by atoms with Gasteiger partial charge in [-0.3, -0.25) is 37.3 Å². The van der Waals surface area contributed by atoms with Crippen LogP contribution in [0, 0.1) is 17.8 Å². The molecule has 0 aliphatic rings. The van der Waals surface area contributed by atoms with E-state index in [0.717, 1.165) is 102 Å². The smallest absolute Gasteiger partial charge is 0.462 e. The lowest BCUT2D eigenvalue weighted by Crippen LogP contribution is -2.30. The lowest BCUT2D eigenvalue weighted by molar-refractivity contribution is -0.161. The molecule has 0 amide bonds. The fourth-order valence-electron chi connectivity index (χ4n) is 10.5. The van der Waals surface area contributed by atoms with Gasteiger partial charge in [-0.25, -0.2) is 9.13 Å². The molecule has 89 heavy (non-hydrogen) atoms. The maximum absolute atomic E-state index is 13.0. The third-order valence-electron chi connectivity index (χ3n) is 16.1. The van der Waals surface area contributed by atoms with Crippen molar-refractivity contribution in [2.75, 3.05) is 39.6 Å². The Morgan fingerprint density at radius 1 is 0.303 bits per heavy atom. The van der Waals surface area contributed by atoms with Crippen LogP contribution in [0.4, 0.5) is 0 Å². The predicted octanol–water partition coefficient (Wildman–Crippen LogP) is 19.8. The van der Waals surface area contributed by atoms with Crippen LogP contribution in [0.15, 0.2) is 0 Å². The molecule has 2 unspecified atom stereocenters. The molecule has 5 atom stereocenters. The molecule has 0 bridgehead atoms. The highest BCUT2D eigenvalue weighted by atomic mass is 31.2. The number of hydrogen-bond donors (Lipinski definition) is 3. The second-order valence-corrected chi connectivity index (χ2v) is 29.6. The van der Waals surface area contributed by atoms with E-state index >= 15 is 0 Å². The number of hydrogen-bond acceptors (Lipinski definition) is 15. The van der Waals surface area contributed by atoms with Crippen molar-refractivity contribution in [1.82, 2.24) is 0 Å². The molecule has 0 aromatic heterocycles. The van der Waals surface area contributed by atoms with Crippen molar-refractivity contribution in [2.45, 2.75) is 369 Å². The van der Waals surface area contributed by atoms with Crippen LogP contribution >= 0.6 is 15.6 Å². The molecule has 0 aromatic carbocycles. The number of phosphoric ester groups is 2. The molecular weight excluding hydrogens is 1170 g/mol. The van der Waals surface area contributed by atoms with Crippen molar-refractivity contribution in [3.63, 3.8) is 0 Å². The molecular formula is C70H136O17P2. The highest BCUT2D eigenvalue weighted by Gasteiger charge is 2.30. The quantitative estimate of drug-likeness (QED) is 0.0222. The minimum atomic E-state index is -4.95. The van der Waals surface area contributed by atoms with E-state index in [1.54, 1.807) is 0 Å². The SMILES string of the molecule is CCCCCCCCCCCCCCCCC(=O)OC[C@H](COP(=O)(O)OC[C@@H](O)COP(=O)(O)OC[C@@H](COC(=O)CCCCCCCCCC(C)C)OC(=O)CCCCCCCCCC(C)C)OC(=O)CCCCCCCCCCCCCCC(C)C. The van der Waals surface area contributed by atoms with Crippen LogP contribution in [0.25, 0.3) is 0 Å². The summed E-state index contributed by atoms with van der Waals surface area (Å²) in [5.41, 5.74) is 0. The normalized spacial score (nSPS) is 14.2. The summed E-state index contributed by atoms with van der Waals surface area (Å²) in [6.45, 7) is 11.7. The topological polar surface area (TPSA) is 237 Å². The van der Waals surface area contributed by atoms with Gasteiger partial charge in [0.1, 0.15) is 19.3 Å². The van der Waals surface area contributed by atoms with Gasteiger partial charge in [-0.2, -0.15) is 0 Å². The van der Waals surface area contributed by atoms with E-state index < -0.39 is 97.5 Å². The molecule has 0 spiro atoms. The number of carbonyl (C=O) groups is 4. The van der Waals surface area contributed by atoms with Gasteiger partial charge in [0.05, 0.1) is 26.4 Å². The molecule has 0 radical (unpaired) electrons. The summed E-state index contributed by atoms with van der Waals surface area (Å²) in [4.78, 5) is 72.5. The summed E-state index contributed by atoms with van der Waals surface area (Å²) in [6, 6.07) is 0. The van der Waals surface area contributed by atoms with Crippen LogP contribution in [-0.2, 0) is 65.4 Å². The molecule has 0 rings (SSSR count). The van der Waals surface area contributed by atoms with E-state index in [1.807, 2.05) is 0 Å². The van der Waals surface area contributed by atoms with Gasteiger partial charge in [0.15, 0.2) is 12.2 Å². The van der Waals surface area contributed by atoms with Crippen LogP contribution in [0.1, 0.15) is 350 Å². The maximum atomic E-state index is 13.0. The highest BCUT2D eigenvalue weighted by Crippen LogP contribution is 2.45. The van der Waals surface area contributed by atoms with Crippen LogP contribution in [-0.4, -0.2) is 96.7 Å². The van der Waals surface area contributed by atoms with E-state index in [2.05, 4.69) is 48.5 Å². The number of ether oxygens (including phenoxy) is 4. The Hall–Kier alpha value is -1.94. The van der Waals surface area contributed by atoms with E-state index in [0.29, 0.717) is 37.5 Å². The second kappa shape index (κ2) is 61.0. The Morgan fingerprint density at radius 3 is 0.764 bits per heavy atom. The number of aliphatic hydroxyl groups excluding tert-OH is 1. The summed E-state index contributed by atoms with van der Waals surface area (Å²) < 4.78 is 68.2. The first-order valence-electron chi connectivity index (χ1n) is 36.3. The Bertz CT molecular complexity index is 1750. The zero-order valence-corrected chi connectivity index (χ0v) is 59.7. The van der Waals surface area contributed by atoms with Gasteiger partial charge >= 0.3 is 39.5 Å². The Morgan fingerprint density at radius 2 is 0.517 bits per heavy atom. The van der Waals surface area contributed by atoms with Gasteiger partial charge in [-0.05, 0) is 43.4 Å². The molecule has 0 heterocycles. The minimum Gasteiger partial charge on any atom is -0.462 e. The summed E-state index contributed by atoms with van der Waals surface area (Å²) in [5, 5.41) is 10.6. The lowest BCUT2D eigenvalue weighted by atomic mass is 10.0. The van der Waals surface area contributed by atoms with E-state index in [-0.39, 0.29) is 25.7 Å². The third-order valence-corrected chi connectivity index (χ3v) is 18.0. The second-order valence-electron chi connectivity index (χ2n) is 26.7. The zero-order chi connectivity index (χ0) is 65.9. The summed E-state index contributed by atoms with van der Waals surface area (Å²) in [7, 11) is -9.90. The fraction of sp³-hybridized carbons (Fsp3) is 0.943. The van der Waals surface area contributed by atoms with Crippen molar-refractivity contribution in [1.29, 1.82) is 0 Å². The van der Waals surface area contributed by atoms with Crippen molar-refractivity contribution in [2.24, 2.45) is 17.8 Å². The Kier molecular flexibility index (Phi) is 59.6. The third kappa shape index (κ3) is 64.6. The van der Waals surface area contributed by atoms with Gasteiger partial charge in [0.2, 0.25) is 0 Å². The zero-order valence-electron chi connectivity index (χ0n) is 57.9. The van der Waals surface area contributed by atoms with Crippen molar-refractivity contribution in [3.8, 4) is 0 Å². The lowest BCUT2D eigenvalue weighted by Gasteiger charge is -2.21. The number of unbranched alkanes of at least 4 members (excludes halogenated alkanes) is 36. The molecule has 0 fully saturated rings. The first-order chi connectivity index (χ1) is 42.7. The van der Waals surface area contributed by atoms with Gasteiger partial charge in [-0.1, -0.05) is 299 Å². The summed E-state index contributed by atoms with van der Waals surface area (Å²) in [5.74, 6) is 0.0491. The number of esters is 4. The first kappa shape index (κ1) is 87.1. The standard InChI is InChI=1S/C70H136O17P2/c1-8-9-10-11-12-13-14-15-16-20-23-30-37-44-51-67(72)80-57-65(86-69(74)53-46-39-31-24-21-18-17-19-22-27-34-41-48-61(2)3)59-84-88(76,77)82-55-64(71)56-83-89(78,79)85-60-66(87-70(75)54-47-40-33-26-29-36-43-50-63(6)7)58-81-68(73)52-45-38-32-25-28-35-42-49-62(4)5/h61-66,71H,8-60H2,1-7H3,(H,76,77)(H,78,79)/t64-,65-,66-/m1/s1. The molecule has 0 aromatic rings. The molecule has 0 aliphatic carbocycles. The largest absolute Gasteiger partial charge is 0.472 e. The molecule has 528 valence electrons. The fourth-order valence-corrected chi connectivity index (χ4v) is 12.1. The molecule has 17 nitrogen and oxygen atoms in total. The predicted molar refractivity (Wildman–Crippen MR) is 358 cm³/mol. The van der Waals surface area contributed by atoms with Gasteiger partial charge < -0.3 is 33.8 Å². The van der Waals surface area contributed by atoms with E-state index in [1.165, 1.54) is 154 Å². The minimum absolute atomic E-state index is 0.102. The van der Waals surface area contributed by atoms with Crippen LogP contribution in [0.2, 0.25) is 0 Å². The summed E-state index contributed by atoms with van der Waals surface area (Å²) >= 11 is 0. The number of carbonyl (C=O) groups excluding carboxylic acids is 4. The Balaban J connectivity index is 5.24. The van der Waals surface area contributed by atoms with Crippen LogP contribution in [0.5, 0.6) is 0 Å². The van der Waals surface area contributed by atoms with Crippen LogP contribution < -0.4 is 0 Å². The van der Waals surface area contributed by atoms with Crippen LogP contribution in [0.3, 0.4) is 0 Å². The summed E-state index contributed by atoms with van der Waals surface area (Å²) in [6.07, 6.45) is 44.6. The molecule has 0 saturated heterocycles. The number of aliphatic hydroxyl groups is 1. The molecule has 0 saturated carbocycles. The van der Waals surface area contributed by atoms with E-state index in [4.69, 9.17) is 37.0 Å². The monoisotopic (exact) mass is 1310 g/mol. The Labute approximate surface area is 543 Å². The van der Waals surface area contributed by atoms with E-state index in [9.17, 15) is 43.2 Å². The highest BCUT2D eigenvalue weighted by molar-refractivity contribution is 7.47. The van der Waals surface area contributed by atoms with Gasteiger partial charge in [0, 0.05) is 25.7 Å². The average molecular weight is 1310 g/mol. The first-order valence-corrected chi connectivity index (χ1v) is 39.3. The maximum Gasteiger partial charge on any atom is 0.472 e. The van der Waals surface area contributed by atoms with Gasteiger partial charge in [0.25, 0.3) is 0 Å². The molecule has 19 heteroatoms. The van der Waals surface area contributed by atoms with Crippen molar-refractivity contribution in [3.05, 3.63) is 0 Å². The average Bonchev–Trinajstić information content (AvgIpc) is 3.66. The number of phosphoric acid groups is 2. The molecule has 0 aliphatic heterocycles. The van der Waals surface area contributed by atoms with Crippen molar-refractivity contribution < 1.29 is 80.2 Å². The van der Waals surface area contributed by atoms with Gasteiger partial charge in [-0.15, -0.1) is 0 Å². The molecule has 3 N–H and O–H groups in total.